The largest absolute Gasteiger partial charge is 0.352 e. The molecule has 158 valence electrons. The normalized spacial score (nSPS) is 14.7. The third kappa shape index (κ3) is 6.70. The Kier molecular flexibility index (Phi) is 7.57. The van der Waals surface area contributed by atoms with E-state index in [-0.39, 0.29) is 23.8 Å². The van der Waals surface area contributed by atoms with Crippen LogP contribution >= 0.6 is 0 Å². The highest BCUT2D eigenvalue weighted by molar-refractivity contribution is 5.94. The van der Waals surface area contributed by atoms with Gasteiger partial charge in [0.1, 0.15) is 0 Å². The summed E-state index contributed by atoms with van der Waals surface area (Å²) in [4.78, 5) is 37.8. The molecule has 1 heterocycles. The Hall–Kier alpha value is -3.19. The number of rotatable bonds is 7. The Morgan fingerprint density at radius 3 is 2.27 bits per heavy atom. The van der Waals surface area contributed by atoms with Crippen molar-refractivity contribution in [2.24, 2.45) is 0 Å². The molecule has 0 radical (unpaired) electrons. The van der Waals surface area contributed by atoms with Gasteiger partial charge in [0.05, 0.1) is 6.54 Å². The SMILES string of the molecule is CC(=O)NCc1ccc(C(=O)NC2CCN(CC(=O)Nc3ccccc3)CC2)cc1. The maximum absolute atomic E-state index is 12.5. The fraction of sp³-hybridized carbons (Fsp3) is 0.348. The highest BCUT2D eigenvalue weighted by Crippen LogP contribution is 2.13. The van der Waals surface area contributed by atoms with Gasteiger partial charge in [-0.15, -0.1) is 0 Å². The Bertz CT molecular complexity index is 860. The van der Waals surface area contributed by atoms with E-state index in [0.717, 1.165) is 37.2 Å². The molecule has 2 aromatic carbocycles. The van der Waals surface area contributed by atoms with Crippen molar-refractivity contribution in [1.29, 1.82) is 0 Å². The van der Waals surface area contributed by atoms with Crippen LogP contribution in [0, 0.1) is 0 Å². The molecule has 7 heteroatoms. The van der Waals surface area contributed by atoms with Gasteiger partial charge in [0.25, 0.3) is 5.91 Å². The van der Waals surface area contributed by atoms with Crippen LogP contribution in [0.5, 0.6) is 0 Å². The van der Waals surface area contributed by atoms with Crippen LogP contribution in [0.25, 0.3) is 0 Å². The van der Waals surface area contributed by atoms with E-state index in [1.807, 2.05) is 42.5 Å². The van der Waals surface area contributed by atoms with E-state index < -0.39 is 0 Å². The quantitative estimate of drug-likeness (QED) is 0.655. The molecule has 0 atom stereocenters. The molecule has 7 nitrogen and oxygen atoms in total. The van der Waals surface area contributed by atoms with Gasteiger partial charge in [-0.2, -0.15) is 0 Å². The number of piperidine rings is 1. The smallest absolute Gasteiger partial charge is 0.251 e. The second-order valence-corrected chi connectivity index (χ2v) is 7.54. The summed E-state index contributed by atoms with van der Waals surface area (Å²) in [6.45, 7) is 3.81. The lowest BCUT2D eigenvalue weighted by Crippen LogP contribution is -2.46. The van der Waals surface area contributed by atoms with E-state index in [2.05, 4.69) is 20.9 Å². The van der Waals surface area contributed by atoms with Crippen molar-refractivity contribution in [1.82, 2.24) is 15.5 Å². The first kappa shape index (κ1) is 21.5. The van der Waals surface area contributed by atoms with Crippen molar-refractivity contribution in [3.05, 3.63) is 65.7 Å². The van der Waals surface area contributed by atoms with E-state index in [4.69, 9.17) is 0 Å². The second-order valence-electron chi connectivity index (χ2n) is 7.54. The van der Waals surface area contributed by atoms with Gasteiger partial charge in [0.2, 0.25) is 11.8 Å². The zero-order chi connectivity index (χ0) is 21.3. The number of hydrogen-bond acceptors (Lipinski definition) is 4. The summed E-state index contributed by atoms with van der Waals surface area (Å²) in [5.74, 6) is -0.204. The molecule has 2 aromatic rings. The number of carbonyl (C=O) groups excluding carboxylic acids is 3. The molecule has 0 aliphatic carbocycles. The minimum absolute atomic E-state index is 0.0250. The number of amides is 3. The monoisotopic (exact) mass is 408 g/mol. The third-order valence-electron chi connectivity index (χ3n) is 5.11. The first-order valence-electron chi connectivity index (χ1n) is 10.2. The van der Waals surface area contributed by atoms with Crippen molar-refractivity contribution in [2.45, 2.75) is 32.4 Å². The van der Waals surface area contributed by atoms with E-state index in [1.54, 1.807) is 12.1 Å². The summed E-state index contributed by atoms with van der Waals surface area (Å²) in [7, 11) is 0. The maximum atomic E-state index is 12.5. The highest BCUT2D eigenvalue weighted by Gasteiger charge is 2.22. The Balaban J connectivity index is 1.40. The molecular weight excluding hydrogens is 380 g/mol. The minimum Gasteiger partial charge on any atom is -0.352 e. The summed E-state index contributed by atoms with van der Waals surface area (Å²) in [6, 6.07) is 16.8. The topological polar surface area (TPSA) is 90.5 Å². The molecule has 1 fully saturated rings. The predicted octanol–water partition coefficient (Wildman–Crippen LogP) is 2.16. The van der Waals surface area contributed by atoms with Gasteiger partial charge >= 0.3 is 0 Å². The lowest BCUT2D eigenvalue weighted by molar-refractivity contribution is -0.119. The van der Waals surface area contributed by atoms with E-state index >= 15 is 0 Å². The van der Waals surface area contributed by atoms with Crippen molar-refractivity contribution in [3.8, 4) is 0 Å². The standard InChI is InChI=1S/C23H28N4O3/c1-17(28)24-15-18-7-9-19(10-8-18)23(30)26-21-11-13-27(14-12-21)16-22(29)25-20-5-3-2-4-6-20/h2-10,21H,11-16H2,1H3,(H,24,28)(H,25,29)(H,26,30). The number of nitrogens with one attached hydrogen (secondary N) is 3. The number of nitrogens with zero attached hydrogens (tertiary/aromatic N) is 1. The van der Waals surface area contributed by atoms with E-state index in [9.17, 15) is 14.4 Å². The maximum Gasteiger partial charge on any atom is 0.251 e. The lowest BCUT2D eigenvalue weighted by atomic mass is 10.0. The average molecular weight is 409 g/mol. The van der Waals surface area contributed by atoms with Crippen LogP contribution in [0.4, 0.5) is 5.69 Å². The molecule has 0 bridgehead atoms. The Morgan fingerprint density at radius 2 is 1.63 bits per heavy atom. The molecule has 0 saturated carbocycles. The number of hydrogen-bond donors (Lipinski definition) is 3. The van der Waals surface area contributed by atoms with Crippen LogP contribution in [0.15, 0.2) is 54.6 Å². The van der Waals surface area contributed by atoms with Crippen LogP contribution in [-0.4, -0.2) is 48.3 Å². The third-order valence-corrected chi connectivity index (χ3v) is 5.11. The number of benzene rings is 2. The summed E-state index contributed by atoms with van der Waals surface area (Å²) in [5, 5.41) is 8.72. The zero-order valence-corrected chi connectivity index (χ0v) is 17.2. The van der Waals surface area contributed by atoms with Gasteiger partial charge in [-0.3, -0.25) is 19.3 Å². The van der Waals surface area contributed by atoms with Crippen molar-refractivity contribution < 1.29 is 14.4 Å². The molecule has 1 aliphatic heterocycles. The molecule has 0 aromatic heterocycles. The summed E-state index contributed by atoms with van der Waals surface area (Å²) < 4.78 is 0. The number of carbonyl (C=O) groups is 3. The van der Waals surface area contributed by atoms with E-state index in [0.29, 0.717) is 18.7 Å². The molecule has 30 heavy (non-hydrogen) atoms. The Labute approximate surface area is 176 Å². The first-order valence-corrected chi connectivity index (χ1v) is 10.2. The van der Waals surface area contributed by atoms with Crippen LogP contribution < -0.4 is 16.0 Å². The van der Waals surface area contributed by atoms with Gasteiger partial charge in [-0.1, -0.05) is 30.3 Å². The second kappa shape index (κ2) is 10.5. The van der Waals surface area contributed by atoms with Gasteiger partial charge in [-0.25, -0.2) is 0 Å². The Morgan fingerprint density at radius 1 is 0.967 bits per heavy atom. The van der Waals surface area contributed by atoms with Gasteiger partial charge < -0.3 is 16.0 Å². The predicted molar refractivity (Wildman–Crippen MR) is 116 cm³/mol. The summed E-state index contributed by atoms with van der Waals surface area (Å²) in [5.41, 5.74) is 2.35. The molecule has 0 spiro atoms. The lowest BCUT2D eigenvalue weighted by Gasteiger charge is -2.31. The molecule has 1 aliphatic rings. The fourth-order valence-electron chi connectivity index (χ4n) is 3.43. The van der Waals surface area contributed by atoms with Crippen molar-refractivity contribution in [3.63, 3.8) is 0 Å². The number of para-hydroxylation sites is 1. The summed E-state index contributed by atoms with van der Waals surface area (Å²) in [6.07, 6.45) is 1.62. The number of likely N-dealkylation sites (tertiary alicyclic amines) is 1. The minimum atomic E-state index is -0.0960. The van der Waals surface area contributed by atoms with Crippen LogP contribution in [0.1, 0.15) is 35.7 Å². The first-order chi connectivity index (χ1) is 14.5. The van der Waals surface area contributed by atoms with Crippen molar-refractivity contribution >= 4 is 23.4 Å². The molecule has 3 rings (SSSR count). The molecule has 1 saturated heterocycles. The van der Waals surface area contributed by atoms with Crippen LogP contribution in [0.2, 0.25) is 0 Å². The van der Waals surface area contributed by atoms with Crippen molar-refractivity contribution in [2.75, 3.05) is 25.0 Å². The molecule has 0 unspecified atom stereocenters. The molecule has 3 amide bonds. The van der Waals surface area contributed by atoms with Gasteiger partial charge in [0.15, 0.2) is 0 Å². The van der Waals surface area contributed by atoms with Crippen LogP contribution in [0.3, 0.4) is 0 Å². The van der Waals surface area contributed by atoms with Gasteiger partial charge in [0, 0.05) is 43.9 Å². The van der Waals surface area contributed by atoms with E-state index in [1.165, 1.54) is 6.92 Å². The number of anilines is 1. The average Bonchev–Trinajstić information content (AvgIpc) is 2.74. The zero-order valence-electron chi connectivity index (χ0n) is 17.2. The van der Waals surface area contributed by atoms with Crippen LogP contribution in [-0.2, 0) is 16.1 Å². The molecular formula is C23H28N4O3. The van der Waals surface area contributed by atoms with Gasteiger partial charge in [-0.05, 0) is 42.7 Å². The molecule has 3 N–H and O–H groups in total. The fourth-order valence-corrected chi connectivity index (χ4v) is 3.43. The highest BCUT2D eigenvalue weighted by atomic mass is 16.2. The summed E-state index contributed by atoms with van der Waals surface area (Å²) >= 11 is 0.